The molecule has 1 aliphatic carbocycles. The average Bonchev–Trinajstić information content (AvgIpc) is 3.16. The number of aliphatic carboxylic acids is 1. The van der Waals surface area contributed by atoms with Gasteiger partial charge in [-0.05, 0) is 45.4 Å². The van der Waals surface area contributed by atoms with Crippen molar-refractivity contribution >= 4 is 12.1 Å². The number of rotatable bonds is 8. The van der Waals surface area contributed by atoms with Crippen LogP contribution in [0.2, 0.25) is 0 Å². The molecule has 0 aromatic heterocycles. The molecule has 2 unspecified atom stereocenters. The Kier molecular flexibility index (Phi) is 6.27. The first-order valence-electron chi connectivity index (χ1n) is 8.31. The normalized spacial score (nSPS) is 19.1. The summed E-state index contributed by atoms with van der Waals surface area (Å²) in [4.78, 5) is 23.9. The van der Waals surface area contributed by atoms with Crippen molar-refractivity contribution in [3.8, 4) is 0 Å². The van der Waals surface area contributed by atoms with E-state index in [-0.39, 0.29) is 12.5 Å². The van der Waals surface area contributed by atoms with Crippen molar-refractivity contribution in [2.75, 3.05) is 6.54 Å². The average molecular weight is 313 g/mol. The summed E-state index contributed by atoms with van der Waals surface area (Å²) in [6, 6.07) is 0. The summed E-state index contributed by atoms with van der Waals surface area (Å²) >= 11 is 0. The number of hydrogen-bond acceptors (Lipinski definition) is 3. The molecule has 1 fully saturated rings. The smallest absolute Gasteiger partial charge is 0.407 e. The molecule has 128 valence electrons. The van der Waals surface area contributed by atoms with Gasteiger partial charge in [-0.3, -0.25) is 4.79 Å². The molecule has 1 aliphatic rings. The molecule has 0 saturated heterocycles. The van der Waals surface area contributed by atoms with Gasteiger partial charge in [-0.25, -0.2) is 4.79 Å². The molecule has 0 heterocycles. The summed E-state index contributed by atoms with van der Waals surface area (Å²) in [5.74, 6) is -0.308. The standard InChI is InChI=1S/C17H31NO4/c1-6-7-12(2)17(14(19)20,10-13-8-9-13)11-18-15(21)22-16(3,4)5/h12-13H,6-11H2,1-5H3,(H,18,21)(H,19,20). The highest BCUT2D eigenvalue weighted by Crippen LogP contribution is 2.45. The molecule has 1 amide bonds. The zero-order valence-corrected chi connectivity index (χ0v) is 14.6. The van der Waals surface area contributed by atoms with Crippen LogP contribution in [0.25, 0.3) is 0 Å². The highest BCUT2D eigenvalue weighted by Gasteiger charge is 2.47. The number of nitrogens with one attached hydrogen (secondary N) is 1. The van der Waals surface area contributed by atoms with Crippen LogP contribution in [0, 0.1) is 17.3 Å². The van der Waals surface area contributed by atoms with Crippen LogP contribution in [0.5, 0.6) is 0 Å². The third-order valence-corrected chi connectivity index (χ3v) is 4.39. The number of carboxylic acid groups (broad SMARTS) is 1. The van der Waals surface area contributed by atoms with Crippen molar-refractivity contribution in [1.29, 1.82) is 0 Å². The van der Waals surface area contributed by atoms with Crippen LogP contribution in [0.3, 0.4) is 0 Å². The first kappa shape index (κ1) is 18.8. The minimum Gasteiger partial charge on any atom is -0.481 e. The van der Waals surface area contributed by atoms with Gasteiger partial charge in [0.25, 0.3) is 0 Å². The molecule has 1 rings (SSSR count). The molecule has 0 aromatic rings. The van der Waals surface area contributed by atoms with Gasteiger partial charge in [0.1, 0.15) is 5.60 Å². The fraction of sp³-hybridized carbons (Fsp3) is 0.882. The fourth-order valence-electron chi connectivity index (χ4n) is 2.91. The maximum Gasteiger partial charge on any atom is 0.407 e. The van der Waals surface area contributed by atoms with E-state index in [0.29, 0.717) is 12.3 Å². The molecule has 5 nitrogen and oxygen atoms in total. The van der Waals surface area contributed by atoms with Crippen molar-refractivity contribution in [1.82, 2.24) is 5.32 Å². The van der Waals surface area contributed by atoms with Crippen molar-refractivity contribution in [2.24, 2.45) is 17.3 Å². The number of carboxylic acids is 1. The minimum atomic E-state index is -0.895. The van der Waals surface area contributed by atoms with E-state index in [1.165, 1.54) is 0 Å². The molecule has 5 heteroatoms. The molecule has 22 heavy (non-hydrogen) atoms. The molecular formula is C17H31NO4. The fourth-order valence-corrected chi connectivity index (χ4v) is 2.91. The van der Waals surface area contributed by atoms with Crippen LogP contribution >= 0.6 is 0 Å². The van der Waals surface area contributed by atoms with Gasteiger partial charge in [0.15, 0.2) is 0 Å². The van der Waals surface area contributed by atoms with E-state index in [1.807, 2.05) is 6.92 Å². The van der Waals surface area contributed by atoms with Crippen LogP contribution in [-0.2, 0) is 9.53 Å². The van der Waals surface area contributed by atoms with E-state index in [1.54, 1.807) is 20.8 Å². The van der Waals surface area contributed by atoms with Crippen molar-refractivity contribution in [2.45, 2.75) is 72.3 Å². The zero-order valence-electron chi connectivity index (χ0n) is 14.6. The number of ether oxygens (including phenoxy) is 1. The first-order chi connectivity index (χ1) is 10.1. The topological polar surface area (TPSA) is 75.6 Å². The molecule has 2 N–H and O–H groups in total. The number of hydrogen-bond donors (Lipinski definition) is 2. The lowest BCUT2D eigenvalue weighted by Crippen LogP contribution is -2.48. The number of amides is 1. The van der Waals surface area contributed by atoms with Gasteiger partial charge in [0.05, 0.1) is 5.41 Å². The Hall–Kier alpha value is -1.26. The lowest BCUT2D eigenvalue weighted by molar-refractivity contribution is -0.153. The van der Waals surface area contributed by atoms with Gasteiger partial charge in [-0.15, -0.1) is 0 Å². The van der Waals surface area contributed by atoms with E-state index in [9.17, 15) is 14.7 Å². The Morgan fingerprint density at radius 1 is 1.32 bits per heavy atom. The lowest BCUT2D eigenvalue weighted by atomic mass is 9.70. The number of alkyl carbamates (subject to hydrolysis) is 1. The summed E-state index contributed by atoms with van der Waals surface area (Å²) in [6.45, 7) is 9.55. The lowest BCUT2D eigenvalue weighted by Gasteiger charge is -2.36. The summed E-state index contributed by atoms with van der Waals surface area (Å²) in [5.41, 5.74) is -1.48. The summed E-state index contributed by atoms with van der Waals surface area (Å²) in [7, 11) is 0. The number of carbonyl (C=O) groups is 2. The number of carbonyl (C=O) groups excluding carboxylic acids is 1. The maximum absolute atomic E-state index is 12.0. The van der Waals surface area contributed by atoms with Crippen LogP contribution in [0.1, 0.15) is 66.7 Å². The van der Waals surface area contributed by atoms with Crippen LogP contribution in [0.15, 0.2) is 0 Å². The van der Waals surface area contributed by atoms with E-state index in [0.717, 1.165) is 25.7 Å². The Morgan fingerprint density at radius 2 is 1.91 bits per heavy atom. The molecule has 1 saturated carbocycles. The van der Waals surface area contributed by atoms with E-state index < -0.39 is 23.1 Å². The molecule has 0 aromatic carbocycles. The highest BCUT2D eigenvalue weighted by atomic mass is 16.6. The molecule has 2 atom stereocenters. The molecular weight excluding hydrogens is 282 g/mol. The predicted octanol–water partition coefficient (Wildman–Crippen LogP) is 3.82. The van der Waals surface area contributed by atoms with E-state index in [2.05, 4.69) is 12.2 Å². The zero-order chi connectivity index (χ0) is 17.0. The third kappa shape index (κ3) is 5.50. The molecule has 0 radical (unpaired) electrons. The van der Waals surface area contributed by atoms with Gasteiger partial charge < -0.3 is 15.2 Å². The van der Waals surface area contributed by atoms with Crippen molar-refractivity contribution in [3.63, 3.8) is 0 Å². The molecule has 0 aliphatic heterocycles. The Morgan fingerprint density at radius 3 is 2.32 bits per heavy atom. The second-order valence-corrected chi connectivity index (χ2v) is 7.65. The van der Waals surface area contributed by atoms with Gasteiger partial charge >= 0.3 is 12.1 Å². The molecule has 0 bridgehead atoms. The Labute approximate surface area is 133 Å². The minimum absolute atomic E-state index is 0.0190. The quantitative estimate of drug-likeness (QED) is 0.714. The van der Waals surface area contributed by atoms with Crippen molar-refractivity contribution in [3.05, 3.63) is 0 Å². The summed E-state index contributed by atoms with van der Waals surface area (Å²) in [6.07, 6.45) is 4.07. The Balaban J connectivity index is 2.79. The monoisotopic (exact) mass is 313 g/mol. The van der Waals surface area contributed by atoms with E-state index >= 15 is 0 Å². The third-order valence-electron chi connectivity index (χ3n) is 4.39. The SMILES string of the molecule is CCCC(C)C(CNC(=O)OC(C)(C)C)(CC1CC1)C(=O)O. The van der Waals surface area contributed by atoms with Gasteiger partial charge in [0, 0.05) is 6.54 Å². The van der Waals surface area contributed by atoms with Crippen LogP contribution < -0.4 is 5.32 Å². The predicted molar refractivity (Wildman–Crippen MR) is 85.7 cm³/mol. The summed E-state index contributed by atoms with van der Waals surface area (Å²) < 4.78 is 5.23. The van der Waals surface area contributed by atoms with Crippen LogP contribution in [-0.4, -0.2) is 29.3 Å². The largest absolute Gasteiger partial charge is 0.481 e. The second-order valence-electron chi connectivity index (χ2n) is 7.65. The van der Waals surface area contributed by atoms with Gasteiger partial charge in [-0.2, -0.15) is 0 Å². The van der Waals surface area contributed by atoms with Gasteiger partial charge in [0.2, 0.25) is 0 Å². The summed E-state index contributed by atoms with van der Waals surface area (Å²) in [5, 5.41) is 12.5. The van der Waals surface area contributed by atoms with Gasteiger partial charge in [-0.1, -0.05) is 33.1 Å². The Bertz CT molecular complexity index is 398. The molecule has 0 spiro atoms. The van der Waals surface area contributed by atoms with E-state index in [4.69, 9.17) is 4.74 Å². The first-order valence-corrected chi connectivity index (χ1v) is 8.31. The van der Waals surface area contributed by atoms with Crippen LogP contribution in [0.4, 0.5) is 4.79 Å². The highest BCUT2D eigenvalue weighted by molar-refractivity contribution is 5.77. The second kappa shape index (κ2) is 7.34. The maximum atomic E-state index is 12.0. The van der Waals surface area contributed by atoms with Crippen molar-refractivity contribution < 1.29 is 19.4 Å².